The van der Waals surface area contributed by atoms with Crippen molar-refractivity contribution in [3.8, 4) is 0 Å². The van der Waals surface area contributed by atoms with Gasteiger partial charge in [-0.1, -0.05) is 0 Å². The molecule has 1 aromatic carbocycles. The van der Waals surface area contributed by atoms with Gasteiger partial charge in [-0.2, -0.15) is 0 Å². The lowest BCUT2D eigenvalue weighted by Crippen LogP contribution is -2.40. The van der Waals surface area contributed by atoms with E-state index in [4.69, 9.17) is 4.42 Å². The Morgan fingerprint density at radius 2 is 1.80 bits per heavy atom. The summed E-state index contributed by atoms with van der Waals surface area (Å²) in [5, 5.41) is 12.3. The molecular weight excluding hydrogens is 320 g/mol. The van der Waals surface area contributed by atoms with Gasteiger partial charge in [-0.25, -0.2) is 0 Å². The summed E-state index contributed by atoms with van der Waals surface area (Å²) in [4.78, 5) is 26.4. The molecule has 1 aromatic heterocycles. The minimum Gasteiger partial charge on any atom is -0.456 e. The van der Waals surface area contributed by atoms with Crippen LogP contribution in [0, 0.1) is 13.8 Å². The minimum absolute atomic E-state index is 0.0534. The molecule has 6 nitrogen and oxygen atoms in total. The monoisotopic (exact) mass is 342 g/mol. The standard InChI is InChI=1S/C19H22N2O4/c1-12-11-13(2)25-17(12)18(23)20-15-5-3-14(4-6-15)19(24)21-9-7-16(22)8-10-21/h3-6,11,16,22H,7-10H2,1-2H3,(H,20,23). The topological polar surface area (TPSA) is 82.8 Å². The Kier molecular flexibility index (Phi) is 4.90. The molecule has 0 saturated carbocycles. The fourth-order valence-electron chi connectivity index (χ4n) is 3.00. The lowest BCUT2D eigenvalue weighted by molar-refractivity contribution is 0.0546. The predicted molar refractivity (Wildman–Crippen MR) is 93.7 cm³/mol. The fraction of sp³-hybridized carbons (Fsp3) is 0.368. The zero-order chi connectivity index (χ0) is 18.0. The molecule has 1 aliphatic rings. The number of rotatable bonds is 3. The van der Waals surface area contributed by atoms with Gasteiger partial charge in [0.05, 0.1) is 6.10 Å². The summed E-state index contributed by atoms with van der Waals surface area (Å²) in [7, 11) is 0. The van der Waals surface area contributed by atoms with Crippen molar-refractivity contribution in [1.82, 2.24) is 4.90 Å². The Morgan fingerprint density at radius 1 is 1.16 bits per heavy atom. The molecule has 1 fully saturated rings. The van der Waals surface area contributed by atoms with E-state index in [0.717, 1.165) is 5.56 Å². The number of nitrogens with zero attached hydrogens (tertiary/aromatic N) is 1. The number of benzene rings is 1. The van der Waals surface area contributed by atoms with Crippen LogP contribution in [0.2, 0.25) is 0 Å². The predicted octanol–water partition coefficient (Wildman–Crippen LogP) is 2.75. The van der Waals surface area contributed by atoms with Crippen LogP contribution in [-0.4, -0.2) is 41.0 Å². The lowest BCUT2D eigenvalue weighted by atomic mass is 10.1. The van der Waals surface area contributed by atoms with Crippen molar-refractivity contribution in [1.29, 1.82) is 0 Å². The molecule has 0 aliphatic carbocycles. The summed E-state index contributed by atoms with van der Waals surface area (Å²) < 4.78 is 5.40. The maximum atomic E-state index is 12.5. The number of hydrogen-bond donors (Lipinski definition) is 2. The molecule has 1 aliphatic heterocycles. The van der Waals surface area contributed by atoms with Crippen molar-refractivity contribution in [2.24, 2.45) is 0 Å². The number of carbonyl (C=O) groups excluding carboxylic acids is 2. The molecule has 6 heteroatoms. The first kappa shape index (κ1) is 17.2. The third kappa shape index (κ3) is 3.91. The molecule has 0 spiro atoms. The molecule has 1 saturated heterocycles. The van der Waals surface area contributed by atoms with Gasteiger partial charge in [0.1, 0.15) is 5.76 Å². The molecule has 2 N–H and O–H groups in total. The van der Waals surface area contributed by atoms with Crippen molar-refractivity contribution < 1.29 is 19.1 Å². The first-order chi connectivity index (χ1) is 11.9. The first-order valence-corrected chi connectivity index (χ1v) is 8.40. The molecule has 2 amide bonds. The number of likely N-dealkylation sites (tertiary alicyclic amines) is 1. The molecule has 0 bridgehead atoms. The summed E-state index contributed by atoms with van der Waals surface area (Å²) in [6.45, 7) is 4.75. The molecule has 0 atom stereocenters. The minimum atomic E-state index is -0.310. The van der Waals surface area contributed by atoms with Crippen LogP contribution in [0.25, 0.3) is 0 Å². The third-order valence-electron chi connectivity index (χ3n) is 4.39. The molecule has 25 heavy (non-hydrogen) atoms. The maximum Gasteiger partial charge on any atom is 0.291 e. The van der Waals surface area contributed by atoms with Crippen LogP contribution in [-0.2, 0) is 0 Å². The second-order valence-electron chi connectivity index (χ2n) is 6.42. The van der Waals surface area contributed by atoms with Crippen LogP contribution < -0.4 is 5.32 Å². The van der Waals surface area contributed by atoms with Gasteiger partial charge >= 0.3 is 0 Å². The smallest absolute Gasteiger partial charge is 0.291 e. The van der Waals surface area contributed by atoms with Crippen LogP contribution in [0.4, 0.5) is 5.69 Å². The highest BCUT2D eigenvalue weighted by Gasteiger charge is 2.22. The van der Waals surface area contributed by atoms with E-state index in [9.17, 15) is 14.7 Å². The normalized spacial score (nSPS) is 15.2. The Labute approximate surface area is 146 Å². The van der Waals surface area contributed by atoms with E-state index >= 15 is 0 Å². The largest absolute Gasteiger partial charge is 0.456 e. The molecule has 0 radical (unpaired) electrons. The zero-order valence-electron chi connectivity index (χ0n) is 14.4. The van der Waals surface area contributed by atoms with Gasteiger partial charge in [0.2, 0.25) is 0 Å². The van der Waals surface area contributed by atoms with Crippen molar-refractivity contribution >= 4 is 17.5 Å². The van der Waals surface area contributed by atoms with Crippen molar-refractivity contribution in [2.45, 2.75) is 32.8 Å². The van der Waals surface area contributed by atoms with Gasteiger partial charge in [-0.05, 0) is 57.0 Å². The maximum absolute atomic E-state index is 12.5. The average molecular weight is 342 g/mol. The van der Waals surface area contributed by atoms with Crippen LogP contribution in [0.1, 0.15) is 45.1 Å². The van der Waals surface area contributed by atoms with Crippen LogP contribution in [0.15, 0.2) is 34.7 Å². The number of nitrogens with one attached hydrogen (secondary N) is 1. The fourth-order valence-corrected chi connectivity index (χ4v) is 3.00. The Morgan fingerprint density at radius 3 is 2.36 bits per heavy atom. The number of aryl methyl sites for hydroxylation is 2. The van der Waals surface area contributed by atoms with E-state index in [0.29, 0.717) is 48.7 Å². The highest BCUT2D eigenvalue weighted by Crippen LogP contribution is 2.18. The van der Waals surface area contributed by atoms with E-state index in [2.05, 4.69) is 5.32 Å². The number of hydrogen-bond acceptors (Lipinski definition) is 4. The zero-order valence-corrected chi connectivity index (χ0v) is 14.4. The molecule has 132 valence electrons. The van der Waals surface area contributed by atoms with Gasteiger partial charge in [0.25, 0.3) is 11.8 Å². The number of furan rings is 1. The molecule has 2 aromatic rings. The molecule has 3 rings (SSSR count). The summed E-state index contributed by atoms with van der Waals surface area (Å²) in [6.07, 6.45) is 0.916. The van der Waals surface area contributed by atoms with Crippen LogP contribution >= 0.6 is 0 Å². The van der Waals surface area contributed by atoms with Gasteiger partial charge in [0, 0.05) is 29.9 Å². The first-order valence-electron chi connectivity index (χ1n) is 8.40. The van der Waals surface area contributed by atoms with E-state index < -0.39 is 0 Å². The van der Waals surface area contributed by atoms with Crippen molar-refractivity contribution in [2.75, 3.05) is 18.4 Å². The summed E-state index contributed by atoms with van der Waals surface area (Å²) >= 11 is 0. The summed E-state index contributed by atoms with van der Waals surface area (Å²) in [6, 6.07) is 8.61. The van der Waals surface area contributed by atoms with Crippen LogP contribution in [0.3, 0.4) is 0 Å². The van der Waals surface area contributed by atoms with E-state index in [1.807, 2.05) is 13.0 Å². The van der Waals surface area contributed by atoms with Crippen molar-refractivity contribution in [3.63, 3.8) is 0 Å². The molecule has 2 heterocycles. The molecular formula is C19H22N2O4. The average Bonchev–Trinajstić information content (AvgIpc) is 2.94. The number of aliphatic hydroxyl groups is 1. The Hall–Kier alpha value is -2.60. The number of anilines is 1. The SMILES string of the molecule is Cc1cc(C)c(C(=O)Nc2ccc(C(=O)N3CCC(O)CC3)cc2)o1. The Balaban J connectivity index is 1.65. The van der Waals surface area contributed by atoms with E-state index in [-0.39, 0.29) is 17.9 Å². The summed E-state index contributed by atoms with van der Waals surface area (Å²) in [5.74, 6) is 0.622. The highest BCUT2D eigenvalue weighted by molar-refractivity contribution is 6.03. The lowest BCUT2D eigenvalue weighted by Gasteiger charge is -2.29. The number of carbonyl (C=O) groups is 2. The van der Waals surface area contributed by atoms with Gasteiger partial charge in [-0.15, -0.1) is 0 Å². The second-order valence-corrected chi connectivity index (χ2v) is 6.42. The third-order valence-corrected chi connectivity index (χ3v) is 4.39. The number of amides is 2. The highest BCUT2D eigenvalue weighted by atomic mass is 16.3. The van der Waals surface area contributed by atoms with Crippen molar-refractivity contribution in [3.05, 3.63) is 53.0 Å². The van der Waals surface area contributed by atoms with Crippen LogP contribution in [0.5, 0.6) is 0 Å². The molecule has 0 unspecified atom stereocenters. The van der Waals surface area contributed by atoms with Gasteiger partial charge < -0.3 is 19.7 Å². The number of piperidine rings is 1. The Bertz CT molecular complexity index is 771. The second kappa shape index (κ2) is 7.11. The van der Waals surface area contributed by atoms with E-state index in [1.54, 1.807) is 36.1 Å². The quantitative estimate of drug-likeness (QED) is 0.898. The van der Waals surface area contributed by atoms with E-state index in [1.165, 1.54) is 0 Å². The van der Waals surface area contributed by atoms with Gasteiger partial charge in [0.15, 0.2) is 5.76 Å². The van der Waals surface area contributed by atoms with Gasteiger partial charge in [-0.3, -0.25) is 9.59 Å². The summed E-state index contributed by atoms with van der Waals surface area (Å²) in [5.41, 5.74) is 1.96. The number of aliphatic hydroxyl groups excluding tert-OH is 1.